The van der Waals surface area contributed by atoms with Gasteiger partial charge in [0.05, 0.1) is 0 Å². The van der Waals surface area contributed by atoms with E-state index < -0.39 is 17.9 Å². The van der Waals surface area contributed by atoms with Gasteiger partial charge < -0.3 is 21.1 Å². The van der Waals surface area contributed by atoms with E-state index in [9.17, 15) is 14.7 Å². The molecule has 1 atom stereocenters. The smallest absolute Gasteiger partial charge is 0.326 e. The third-order valence-corrected chi connectivity index (χ3v) is 3.54. The quantitative estimate of drug-likeness (QED) is 0.582. The van der Waals surface area contributed by atoms with E-state index in [0.717, 1.165) is 37.3 Å². The molecular formula is C17H27N3O3. The molecule has 0 aliphatic heterocycles. The maximum atomic E-state index is 11.2. The van der Waals surface area contributed by atoms with E-state index in [1.807, 2.05) is 24.3 Å². The molecule has 1 rings (SSSR count). The van der Waals surface area contributed by atoms with Crippen LogP contribution >= 0.6 is 0 Å². The predicted molar refractivity (Wildman–Crippen MR) is 92.7 cm³/mol. The van der Waals surface area contributed by atoms with Crippen molar-refractivity contribution >= 4 is 23.3 Å². The molecule has 0 unspecified atom stereocenters. The lowest BCUT2D eigenvalue weighted by Crippen LogP contribution is -2.30. The molecule has 1 aromatic rings. The Morgan fingerprint density at radius 1 is 1.17 bits per heavy atom. The SMILES string of the molecule is CCCN(CCC)c1ccc(N[C@@H](CCC(N)=O)C(=O)O)cc1. The second kappa shape index (κ2) is 9.71. The maximum Gasteiger partial charge on any atom is 0.326 e. The zero-order chi connectivity index (χ0) is 17.2. The van der Waals surface area contributed by atoms with Crippen LogP contribution in [-0.2, 0) is 9.59 Å². The number of nitrogens with one attached hydrogen (secondary N) is 1. The zero-order valence-electron chi connectivity index (χ0n) is 13.9. The topological polar surface area (TPSA) is 95.7 Å². The summed E-state index contributed by atoms with van der Waals surface area (Å²) >= 11 is 0. The van der Waals surface area contributed by atoms with Gasteiger partial charge >= 0.3 is 5.97 Å². The molecule has 6 heteroatoms. The van der Waals surface area contributed by atoms with Crippen molar-refractivity contribution in [1.82, 2.24) is 0 Å². The van der Waals surface area contributed by atoms with Crippen molar-refractivity contribution in [2.24, 2.45) is 5.73 Å². The van der Waals surface area contributed by atoms with Gasteiger partial charge in [0, 0.05) is 30.9 Å². The molecule has 0 aliphatic rings. The first-order chi connectivity index (χ1) is 11.0. The average Bonchev–Trinajstić information content (AvgIpc) is 2.51. The van der Waals surface area contributed by atoms with Gasteiger partial charge in [-0.15, -0.1) is 0 Å². The van der Waals surface area contributed by atoms with Crippen LogP contribution < -0.4 is 16.0 Å². The number of rotatable bonds is 11. The number of nitrogens with two attached hydrogens (primary N) is 1. The van der Waals surface area contributed by atoms with Crippen molar-refractivity contribution in [3.8, 4) is 0 Å². The molecule has 23 heavy (non-hydrogen) atoms. The fourth-order valence-electron chi connectivity index (χ4n) is 2.42. The number of carboxylic acid groups (broad SMARTS) is 1. The van der Waals surface area contributed by atoms with Crippen LogP contribution in [0.1, 0.15) is 39.5 Å². The molecule has 4 N–H and O–H groups in total. The largest absolute Gasteiger partial charge is 0.480 e. The number of benzene rings is 1. The van der Waals surface area contributed by atoms with Gasteiger partial charge in [0.1, 0.15) is 6.04 Å². The molecule has 6 nitrogen and oxygen atoms in total. The van der Waals surface area contributed by atoms with Gasteiger partial charge in [0.25, 0.3) is 0 Å². The summed E-state index contributed by atoms with van der Waals surface area (Å²) in [5, 5.41) is 12.1. The normalized spacial score (nSPS) is 11.7. The number of nitrogens with zero attached hydrogens (tertiary/aromatic N) is 1. The van der Waals surface area contributed by atoms with Crippen LogP contribution in [0.5, 0.6) is 0 Å². The van der Waals surface area contributed by atoms with Crippen LogP contribution in [0, 0.1) is 0 Å². The highest BCUT2D eigenvalue weighted by atomic mass is 16.4. The minimum absolute atomic E-state index is 0.0445. The first-order valence-corrected chi connectivity index (χ1v) is 8.10. The number of amides is 1. The van der Waals surface area contributed by atoms with Crippen molar-refractivity contribution in [2.45, 2.75) is 45.6 Å². The summed E-state index contributed by atoms with van der Waals surface area (Å²) in [6.07, 6.45) is 2.37. The first-order valence-electron chi connectivity index (χ1n) is 8.10. The van der Waals surface area contributed by atoms with E-state index >= 15 is 0 Å². The Hall–Kier alpha value is -2.24. The van der Waals surface area contributed by atoms with Crippen molar-refractivity contribution < 1.29 is 14.7 Å². The summed E-state index contributed by atoms with van der Waals surface area (Å²) in [4.78, 5) is 24.4. The molecule has 0 fully saturated rings. The standard InChI is InChI=1S/C17H27N3O3/c1-3-11-20(12-4-2)14-7-5-13(6-8-14)19-15(17(22)23)9-10-16(18)21/h5-8,15,19H,3-4,9-12H2,1-2H3,(H2,18,21)(H,22,23)/t15-/m0/s1. The van der Waals surface area contributed by atoms with Crippen LogP contribution in [0.15, 0.2) is 24.3 Å². The highest BCUT2D eigenvalue weighted by Gasteiger charge is 2.18. The Bertz CT molecular complexity index is 496. The Morgan fingerprint density at radius 2 is 1.74 bits per heavy atom. The molecule has 1 amide bonds. The molecule has 0 aliphatic carbocycles. The Balaban J connectivity index is 2.73. The van der Waals surface area contributed by atoms with E-state index in [1.165, 1.54) is 0 Å². The number of aliphatic carboxylic acids is 1. The molecule has 0 saturated heterocycles. The van der Waals surface area contributed by atoms with E-state index in [2.05, 4.69) is 24.1 Å². The molecule has 0 aromatic heterocycles. The number of anilines is 2. The Kier molecular flexibility index (Phi) is 7.94. The highest BCUT2D eigenvalue weighted by molar-refractivity contribution is 5.79. The van der Waals surface area contributed by atoms with Gasteiger partial charge in [-0.1, -0.05) is 13.8 Å². The van der Waals surface area contributed by atoms with Gasteiger partial charge in [0.15, 0.2) is 0 Å². The van der Waals surface area contributed by atoms with E-state index in [0.29, 0.717) is 0 Å². The fraction of sp³-hybridized carbons (Fsp3) is 0.529. The van der Waals surface area contributed by atoms with Crippen LogP contribution in [-0.4, -0.2) is 36.1 Å². The lowest BCUT2D eigenvalue weighted by molar-refractivity contribution is -0.138. The number of hydrogen-bond donors (Lipinski definition) is 3. The molecule has 0 saturated carbocycles. The molecule has 0 radical (unpaired) electrons. The highest BCUT2D eigenvalue weighted by Crippen LogP contribution is 2.20. The molecule has 0 bridgehead atoms. The third-order valence-electron chi connectivity index (χ3n) is 3.54. The fourth-order valence-corrected chi connectivity index (χ4v) is 2.42. The lowest BCUT2D eigenvalue weighted by atomic mass is 10.1. The predicted octanol–water partition coefficient (Wildman–Crippen LogP) is 2.44. The zero-order valence-corrected chi connectivity index (χ0v) is 13.9. The summed E-state index contributed by atoms with van der Waals surface area (Å²) < 4.78 is 0. The molecule has 128 valence electrons. The lowest BCUT2D eigenvalue weighted by Gasteiger charge is -2.24. The number of carboxylic acids is 1. The van der Waals surface area contributed by atoms with Gasteiger partial charge in [-0.3, -0.25) is 4.79 Å². The number of carbonyl (C=O) groups is 2. The van der Waals surface area contributed by atoms with Crippen molar-refractivity contribution in [1.29, 1.82) is 0 Å². The summed E-state index contributed by atoms with van der Waals surface area (Å²) in [5.74, 6) is -1.49. The summed E-state index contributed by atoms with van der Waals surface area (Å²) in [7, 11) is 0. The molecule has 0 heterocycles. The van der Waals surface area contributed by atoms with Gasteiger partial charge in [0.2, 0.25) is 5.91 Å². The van der Waals surface area contributed by atoms with Crippen LogP contribution in [0.4, 0.5) is 11.4 Å². The monoisotopic (exact) mass is 321 g/mol. The minimum Gasteiger partial charge on any atom is -0.480 e. The number of hydrogen-bond acceptors (Lipinski definition) is 4. The number of carbonyl (C=O) groups excluding carboxylic acids is 1. The minimum atomic E-state index is -0.992. The summed E-state index contributed by atoms with van der Waals surface area (Å²) in [6.45, 7) is 6.29. The first kappa shape index (κ1) is 18.8. The van der Waals surface area contributed by atoms with Gasteiger partial charge in [-0.2, -0.15) is 0 Å². The van der Waals surface area contributed by atoms with Crippen LogP contribution in [0.25, 0.3) is 0 Å². The van der Waals surface area contributed by atoms with Crippen LogP contribution in [0.3, 0.4) is 0 Å². The van der Waals surface area contributed by atoms with Crippen molar-refractivity contribution in [3.63, 3.8) is 0 Å². The van der Waals surface area contributed by atoms with Crippen molar-refractivity contribution in [2.75, 3.05) is 23.3 Å². The molecule has 1 aromatic carbocycles. The van der Waals surface area contributed by atoms with Crippen LogP contribution in [0.2, 0.25) is 0 Å². The van der Waals surface area contributed by atoms with E-state index in [-0.39, 0.29) is 12.8 Å². The molecular weight excluding hydrogens is 294 g/mol. The second-order valence-corrected chi connectivity index (χ2v) is 5.57. The summed E-state index contributed by atoms with van der Waals surface area (Å²) in [5.41, 5.74) is 6.93. The van der Waals surface area contributed by atoms with E-state index in [1.54, 1.807) is 0 Å². The Labute approximate surface area is 137 Å². The van der Waals surface area contributed by atoms with E-state index in [4.69, 9.17) is 5.73 Å². The Morgan fingerprint density at radius 3 is 2.17 bits per heavy atom. The number of primary amides is 1. The maximum absolute atomic E-state index is 11.2. The average molecular weight is 321 g/mol. The van der Waals surface area contributed by atoms with Gasteiger partial charge in [-0.25, -0.2) is 4.79 Å². The van der Waals surface area contributed by atoms with Crippen molar-refractivity contribution in [3.05, 3.63) is 24.3 Å². The van der Waals surface area contributed by atoms with Gasteiger partial charge in [-0.05, 0) is 43.5 Å². The molecule has 0 spiro atoms. The third kappa shape index (κ3) is 6.59. The second-order valence-electron chi connectivity index (χ2n) is 5.57. The summed E-state index contributed by atoms with van der Waals surface area (Å²) in [6, 6.07) is 6.89.